The van der Waals surface area contributed by atoms with Crippen LogP contribution in [0.1, 0.15) is 5.56 Å². The van der Waals surface area contributed by atoms with E-state index < -0.39 is 0 Å². The summed E-state index contributed by atoms with van der Waals surface area (Å²) in [6.07, 6.45) is 1.02. The molecule has 106 valence electrons. The lowest BCUT2D eigenvalue weighted by Crippen LogP contribution is -2.23. The highest BCUT2D eigenvalue weighted by Gasteiger charge is 2.00. The molecule has 0 spiro atoms. The van der Waals surface area contributed by atoms with Crippen molar-refractivity contribution in [1.82, 2.24) is 5.32 Å². The Balaban J connectivity index is 1.61. The summed E-state index contributed by atoms with van der Waals surface area (Å²) in [5, 5.41) is 4.40. The third kappa shape index (κ3) is 5.04. The molecule has 20 heavy (non-hydrogen) atoms. The van der Waals surface area contributed by atoms with Crippen molar-refractivity contribution in [3.8, 4) is 5.75 Å². The van der Waals surface area contributed by atoms with Crippen molar-refractivity contribution in [3.05, 3.63) is 64.1 Å². The van der Waals surface area contributed by atoms with Gasteiger partial charge in [0, 0.05) is 12.6 Å². The lowest BCUT2D eigenvalue weighted by molar-refractivity contribution is 0.314. The summed E-state index contributed by atoms with van der Waals surface area (Å²) in [6.45, 7) is 2.34. The highest BCUT2D eigenvalue weighted by molar-refractivity contribution is 6.42. The molecule has 0 radical (unpaired) electrons. The van der Waals surface area contributed by atoms with Gasteiger partial charge in [0.2, 0.25) is 0 Å². The molecule has 0 aliphatic carbocycles. The van der Waals surface area contributed by atoms with Gasteiger partial charge in [0.1, 0.15) is 12.4 Å². The van der Waals surface area contributed by atoms with E-state index in [1.54, 1.807) is 12.1 Å². The van der Waals surface area contributed by atoms with Crippen LogP contribution in [0.4, 0.5) is 0 Å². The molecule has 2 nitrogen and oxygen atoms in total. The van der Waals surface area contributed by atoms with E-state index >= 15 is 0 Å². The quantitative estimate of drug-likeness (QED) is 0.774. The molecule has 2 aromatic carbocycles. The van der Waals surface area contributed by atoms with Gasteiger partial charge in [-0.25, -0.2) is 0 Å². The zero-order valence-corrected chi connectivity index (χ0v) is 12.6. The van der Waals surface area contributed by atoms with E-state index in [1.165, 1.54) is 5.56 Å². The summed E-state index contributed by atoms with van der Waals surface area (Å²) in [4.78, 5) is 0. The largest absolute Gasteiger partial charge is 0.492 e. The van der Waals surface area contributed by atoms with Gasteiger partial charge in [-0.2, -0.15) is 0 Å². The van der Waals surface area contributed by atoms with Crippen LogP contribution in [0.2, 0.25) is 10.0 Å². The van der Waals surface area contributed by atoms with E-state index in [1.807, 2.05) is 12.1 Å². The van der Waals surface area contributed by atoms with Crippen molar-refractivity contribution in [2.45, 2.75) is 6.42 Å². The van der Waals surface area contributed by atoms with E-state index in [2.05, 4.69) is 29.6 Å². The standard InChI is InChI=1S/C16H17Cl2NO/c17-15-7-6-14(12-16(15)18)20-11-10-19-9-8-13-4-2-1-3-5-13/h1-7,12,19H,8-11H2. The summed E-state index contributed by atoms with van der Waals surface area (Å²) in [6, 6.07) is 15.7. The number of rotatable bonds is 7. The number of nitrogens with one attached hydrogen (secondary N) is 1. The Morgan fingerprint density at radius 3 is 2.45 bits per heavy atom. The molecule has 0 saturated carbocycles. The Labute approximate surface area is 129 Å². The van der Waals surface area contributed by atoms with E-state index in [-0.39, 0.29) is 0 Å². The van der Waals surface area contributed by atoms with Gasteiger partial charge in [0.25, 0.3) is 0 Å². The van der Waals surface area contributed by atoms with Crippen molar-refractivity contribution in [3.63, 3.8) is 0 Å². The van der Waals surface area contributed by atoms with Crippen LogP contribution in [0.25, 0.3) is 0 Å². The first kappa shape index (κ1) is 15.2. The molecule has 4 heteroatoms. The minimum atomic E-state index is 0.515. The van der Waals surface area contributed by atoms with Crippen LogP contribution < -0.4 is 10.1 Å². The van der Waals surface area contributed by atoms with Gasteiger partial charge in [-0.05, 0) is 30.7 Å². The number of hydrogen-bond acceptors (Lipinski definition) is 2. The van der Waals surface area contributed by atoms with E-state index in [9.17, 15) is 0 Å². The third-order valence-electron chi connectivity index (χ3n) is 2.87. The lowest BCUT2D eigenvalue weighted by atomic mass is 10.1. The fraction of sp³-hybridized carbons (Fsp3) is 0.250. The maximum atomic E-state index is 5.92. The number of benzene rings is 2. The summed E-state index contributed by atoms with van der Waals surface area (Å²) < 4.78 is 5.59. The van der Waals surface area contributed by atoms with Crippen molar-refractivity contribution in [2.24, 2.45) is 0 Å². The molecular formula is C16H17Cl2NO. The first-order chi connectivity index (χ1) is 9.75. The lowest BCUT2D eigenvalue weighted by Gasteiger charge is -2.08. The van der Waals surface area contributed by atoms with Crippen molar-refractivity contribution < 1.29 is 4.74 Å². The molecule has 0 fully saturated rings. The Morgan fingerprint density at radius 2 is 1.70 bits per heavy atom. The minimum Gasteiger partial charge on any atom is -0.492 e. The predicted molar refractivity (Wildman–Crippen MR) is 85.0 cm³/mol. The molecule has 1 N–H and O–H groups in total. The smallest absolute Gasteiger partial charge is 0.120 e. The van der Waals surface area contributed by atoms with Gasteiger partial charge in [-0.15, -0.1) is 0 Å². The monoisotopic (exact) mass is 309 g/mol. The molecule has 0 amide bonds. The van der Waals surface area contributed by atoms with Crippen LogP contribution in [0.5, 0.6) is 5.75 Å². The van der Waals surface area contributed by atoms with Crippen LogP contribution in [-0.4, -0.2) is 19.7 Å². The second-order valence-electron chi connectivity index (χ2n) is 4.41. The first-order valence-corrected chi connectivity index (χ1v) is 7.34. The first-order valence-electron chi connectivity index (χ1n) is 6.58. The number of halogens is 2. The zero-order valence-electron chi connectivity index (χ0n) is 11.1. The molecule has 0 aliphatic heterocycles. The molecule has 0 unspecified atom stereocenters. The highest BCUT2D eigenvalue weighted by Crippen LogP contribution is 2.26. The van der Waals surface area contributed by atoms with Crippen molar-refractivity contribution >= 4 is 23.2 Å². The molecule has 2 aromatic rings. The van der Waals surface area contributed by atoms with E-state index in [0.29, 0.717) is 16.7 Å². The van der Waals surface area contributed by atoms with Gasteiger partial charge in [0.05, 0.1) is 10.0 Å². The van der Waals surface area contributed by atoms with E-state index in [0.717, 1.165) is 25.3 Å². The van der Waals surface area contributed by atoms with Crippen LogP contribution in [0.15, 0.2) is 48.5 Å². The summed E-state index contributed by atoms with van der Waals surface area (Å²) >= 11 is 11.8. The number of hydrogen-bond donors (Lipinski definition) is 1. The Kier molecular flexibility index (Phi) is 6.19. The van der Waals surface area contributed by atoms with Crippen molar-refractivity contribution in [2.75, 3.05) is 19.7 Å². The average molecular weight is 310 g/mol. The van der Waals surface area contributed by atoms with E-state index in [4.69, 9.17) is 27.9 Å². The van der Waals surface area contributed by atoms with Gasteiger partial charge >= 0.3 is 0 Å². The van der Waals surface area contributed by atoms with Crippen molar-refractivity contribution in [1.29, 1.82) is 0 Å². The fourth-order valence-corrected chi connectivity index (χ4v) is 2.10. The third-order valence-corrected chi connectivity index (χ3v) is 3.61. The SMILES string of the molecule is Clc1ccc(OCCNCCc2ccccc2)cc1Cl. The Bertz CT molecular complexity index is 531. The van der Waals surface area contributed by atoms with Crippen LogP contribution in [-0.2, 0) is 6.42 Å². The van der Waals surface area contributed by atoms with Gasteiger partial charge in [0.15, 0.2) is 0 Å². The number of ether oxygens (including phenoxy) is 1. The highest BCUT2D eigenvalue weighted by atomic mass is 35.5. The molecule has 2 rings (SSSR count). The molecule has 0 heterocycles. The summed E-state index contributed by atoms with van der Waals surface area (Å²) in [5.41, 5.74) is 1.34. The second kappa shape index (κ2) is 8.15. The molecule has 0 bridgehead atoms. The van der Waals surface area contributed by atoms with Crippen LogP contribution >= 0.6 is 23.2 Å². The van der Waals surface area contributed by atoms with Crippen LogP contribution in [0.3, 0.4) is 0 Å². The predicted octanol–water partition coefficient (Wildman–Crippen LogP) is 4.20. The molecule has 0 atom stereocenters. The Morgan fingerprint density at radius 1 is 0.900 bits per heavy atom. The average Bonchev–Trinajstić information content (AvgIpc) is 2.47. The second-order valence-corrected chi connectivity index (χ2v) is 5.22. The van der Waals surface area contributed by atoms with Crippen LogP contribution in [0, 0.1) is 0 Å². The normalized spacial score (nSPS) is 10.5. The summed E-state index contributed by atoms with van der Waals surface area (Å²) in [7, 11) is 0. The zero-order chi connectivity index (χ0) is 14.2. The molecular weight excluding hydrogens is 293 g/mol. The van der Waals surface area contributed by atoms with Gasteiger partial charge < -0.3 is 10.1 Å². The molecule has 0 aromatic heterocycles. The Hall–Kier alpha value is -1.22. The van der Waals surface area contributed by atoms with Gasteiger partial charge in [-0.3, -0.25) is 0 Å². The molecule has 0 aliphatic rings. The topological polar surface area (TPSA) is 21.3 Å². The summed E-state index contributed by atoms with van der Waals surface area (Å²) in [5.74, 6) is 0.740. The molecule has 0 saturated heterocycles. The van der Waals surface area contributed by atoms with Gasteiger partial charge in [-0.1, -0.05) is 53.5 Å². The maximum absolute atomic E-state index is 5.92. The minimum absolute atomic E-state index is 0.515. The maximum Gasteiger partial charge on any atom is 0.120 e. The fourth-order valence-electron chi connectivity index (χ4n) is 1.81.